The van der Waals surface area contributed by atoms with Crippen molar-refractivity contribution in [2.45, 2.75) is 98.3 Å². The number of fused-ring (bicyclic) bond motifs is 13. The Morgan fingerprint density at radius 3 is 2.30 bits per heavy atom. The molecule has 2 aromatic carbocycles. The smallest absolute Gasteiger partial charge is 0.186 e. The molecule has 0 saturated heterocycles. The average Bonchev–Trinajstić information content (AvgIpc) is 3.23. The minimum atomic E-state index is -1.32. The molecule has 3 nitrogen and oxygen atoms in total. The van der Waals surface area contributed by atoms with Crippen LogP contribution in [-0.2, 0) is 15.6 Å². The number of methoxy groups -OCH3 is 1. The lowest BCUT2D eigenvalue weighted by atomic mass is 9.61. The number of rotatable bonds is 3. The lowest BCUT2D eigenvalue weighted by Gasteiger charge is -2.43. The minimum Gasteiger partial charge on any atom is -0.364 e. The summed E-state index contributed by atoms with van der Waals surface area (Å²) in [6, 6.07) is 11.6. The van der Waals surface area contributed by atoms with Gasteiger partial charge in [-0.15, -0.1) is 0 Å². The Hall–Kier alpha value is -2.75. The van der Waals surface area contributed by atoms with Gasteiger partial charge in [0.25, 0.3) is 0 Å². The Morgan fingerprint density at radius 2 is 1.65 bits per heavy atom. The van der Waals surface area contributed by atoms with Gasteiger partial charge in [0, 0.05) is 24.7 Å². The van der Waals surface area contributed by atoms with Crippen LogP contribution in [0.3, 0.4) is 0 Å². The van der Waals surface area contributed by atoms with E-state index in [0.717, 1.165) is 12.1 Å². The van der Waals surface area contributed by atoms with Gasteiger partial charge >= 0.3 is 0 Å². The van der Waals surface area contributed by atoms with Gasteiger partial charge in [-0.2, -0.15) is 0 Å². The van der Waals surface area contributed by atoms with Gasteiger partial charge < -0.3 is 9.84 Å². The first kappa shape index (κ1) is 30.6. The standard InChI is InChI=1S/C43H53NO2/c1-23(2)40(7,8)26-18-16-25-17-19-28-31(30(25)20-26)22-34-35(28)36-32-21-33(39(4,5)6)27-14-12-13-15-29(27)38(32)42(10)41(9,43(42,45)46-11)37(36)24(3)44-34/h12-21,23,25,28,30-31,34-35,45H,22H2,1-11H3. The minimum absolute atomic E-state index is 0.0374. The van der Waals surface area contributed by atoms with Crippen LogP contribution in [0.5, 0.6) is 0 Å². The van der Waals surface area contributed by atoms with Crippen LogP contribution in [0, 0.1) is 46.3 Å². The van der Waals surface area contributed by atoms with E-state index in [2.05, 4.69) is 130 Å². The Balaban J connectivity index is 1.38. The summed E-state index contributed by atoms with van der Waals surface area (Å²) >= 11 is 0. The van der Waals surface area contributed by atoms with Crippen LogP contribution in [0.2, 0.25) is 0 Å². The van der Waals surface area contributed by atoms with Crippen molar-refractivity contribution in [1.29, 1.82) is 0 Å². The second kappa shape index (κ2) is 9.23. The highest BCUT2D eigenvalue weighted by molar-refractivity contribution is 6.13. The topological polar surface area (TPSA) is 41.8 Å². The average molecular weight is 616 g/mol. The third-order valence-electron chi connectivity index (χ3n) is 14.4. The molecule has 2 fully saturated rings. The lowest BCUT2D eigenvalue weighted by Crippen LogP contribution is -2.37. The molecule has 6 aliphatic rings. The van der Waals surface area contributed by atoms with E-state index in [9.17, 15) is 5.11 Å². The molecule has 3 heteroatoms. The fraction of sp³-hybridized carbons (Fsp3) is 0.558. The SMILES string of the molecule is COC1(O)C2(C)C3=C(c4cc(C(C)(C)C)c5ccccc5c4C12C)C1C(CC2C4C=C(C(C)(C)C(C)C)C=CC4C=CC21)N=C3C. The summed E-state index contributed by atoms with van der Waals surface area (Å²) in [6.07, 6.45) is 13.7. The number of ether oxygens (including phenoxy) is 1. The number of dihydropyridines is 1. The summed E-state index contributed by atoms with van der Waals surface area (Å²) < 4.78 is 6.19. The number of nitrogens with zero attached hydrogens (tertiary/aromatic N) is 1. The van der Waals surface area contributed by atoms with E-state index >= 15 is 0 Å². The predicted octanol–water partition coefficient (Wildman–Crippen LogP) is 9.59. The number of hydrogen-bond acceptors (Lipinski definition) is 3. The highest BCUT2D eigenvalue weighted by Gasteiger charge is 2.88. The number of hydrogen-bond donors (Lipinski definition) is 1. The maximum atomic E-state index is 12.5. The maximum Gasteiger partial charge on any atom is 0.186 e. The van der Waals surface area contributed by atoms with Gasteiger partial charge in [0.15, 0.2) is 5.79 Å². The maximum absolute atomic E-state index is 12.5. The molecule has 5 aliphatic carbocycles. The van der Waals surface area contributed by atoms with Gasteiger partial charge in [-0.1, -0.05) is 103 Å². The van der Waals surface area contributed by atoms with Gasteiger partial charge in [-0.25, -0.2) is 0 Å². The summed E-state index contributed by atoms with van der Waals surface area (Å²) in [4.78, 5) is 5.57. The first-order valence-corrected chi connectivity index (χ1v) is 17.8. The molecule has 1 N–H and O–H groups in total. The quantitative estimate of drug-likeness (QED) is 0.276. The highest BCUT2D eigenvalue weighted by Crippen LogP contribution is 2.81. The van der Waals surface area contributed by atoms with E-state index in [4.69, 9.17) is 9.73 Å². The molecule has 0 bridgehead atoms. The van der Waals surface area contributed by atoms with Crippen molar-refractivity contribution in [1.82, 2.24) is 0 Å². The summed E-state index contributed by atoms with van der Waals surface area (Å²) in [5.74, 6) is 1.40. The Morgan fingerprint density at radius 1 is 0.957 bits per heavy atom. The molecule has 2 aromatic rings. The molecule has 0 radical (unpaired) electrons. The first-order valence-electron chi connectivity index (χ1n) is 17.8. The molecule has 242 valence electrons. The van der Waals surface area contributed by atoms with E-state index in [1.807, 2.05) is 0 Å². The summed E-state index contributed by atoms with van der Waals surface area (Å²) in [5, 5.41) is 15.1. The van der Waals surface area contributed by atoms with E-state index < -0.39 is 16.6 Å². The molecule has 0 aromatic heterocycles. The number of aliphatic imine (C=N–C) groups is 1. The first-order chi connectivity index (χ1) is 21.5. The van der Waals surface area contributed by atoms with Crippen LogP contribution >= 0.6 is 0 Å². The third kappa shape index (κ3) is 3.40. The zero-order chi connectivity index (χ0) is 32.9. The Bertz CT molecular complexity index is 1840. The molecule has 9 unspecified atom stereocenters. The van der Waals surface area contributed by atoms with Crippen molar-refractivity contribution in [3.05, 3.63) is 88.5 Å². The van der Waals surface area contributed by atoms with Gasteiger partial charge in [0.05, 0.1) is 16.9 Å². The molecule has 1 heterocycles. The highest BCUT2D eigenvalue weighted by atomic mass is 16.6. The van der Waals surface area contributed by atoms with Gasteiger partial charge in [-0.3, -0.25) is 4.99 Å². The lowest BCUT2D eigenvalue weighted by molar-refractivity contribution is -0.134. The van der Waals surface area contributed by atoms with Crippen LogP contribution in [-0.4, -0.2) is 29.8 Å². The molecule has 1 aliphatic heterocycles. The largest absolute Gasteiger partial charge is 0.364 e. The van der Waals surface area contributed by atoms with Crippen LogP contribution in [0.25, 0.3) is 16.3 Å². The molecular formula is C43H53NO2. The summed E-state index contributed by atoms with van der Waals surface area (Å²) in [6.45, 7) is 23.2. The molecule has 0 spiro atoms. The number of benzene rings is 2. The Kier molecular flexibility index (Phi) is 6.14. The summed E-state index contributed by atoms with van der Waals surface area (Å²) in [7, 11) is 1.69. The van der Waals surface area contributed by atoms with Crippen LogP contribution < -0.4 is 0 Å². The fourth-order valence-corrected chi connectivity index (χ4v) is 11.1. The zero-order valence-corrected chi connectivity index (χ0v) is 29.8. The van der Waals surface area contributed by atoms with Crippen molar-refractivity contribution < 1.29 is 9.84 Å². The van der Waals surface area contributed by atoms with Gasteiger partial charge in [0.2, 0.25) is 0 Å². The predicted molar refractivity (Wildman–Crippen MR) is 191 cm³/mol. The zero-order valence-electron chi connectivity index (χ0n) is 29.8. The van der Waals surface area contributed by atoms with Crippen molar-refractivity contribution >= 4 is 22.1 Å². The molecule has 2 saturated carbocycles. The van der Waals surface area contributed by atoms with E-state index in [1.165, 1.54) is 44.2 Å². The monoisotopic (exact) mass is 615 g/mol. The van der Waals surface area contributed by atoms with E-state index in [1.54, 1.807) is 7.11 Å². The van der Waals surface area contributed by atoms with Crippen LogP contribution in [0.1, 0.15) is 92.3 Å². The van der Waals surface area contributed by atoms with Crippen molar-refractivity contribution in [2.75, 3.05) is 7.11 Å². The summed E-state index contributed by atoms with van der Waals surface area (Å²) in [5.41, 5.74) is 8.12. The van der Waals surface area contributed by atoms with Crippen molar-refractivity contribution in [3.8, 4) is 0 Å². The van der Waals surface area contributed by atoms with Crippen LogP contribution in [0.4, 0.5) is 0 Å². The number of allylic oxidation sites excluding steroid dienone is 6. The van der Waals surface area contributed by atoms with E-state index in [0.29, 0.717) is 29.6 Å². The van der Waals surface area contributed by atoms with Crippen molar-refractivity contribution in [3.63, 3.8) is 0 Å². The molecule has 8 rings (SSSR count). The van der Waals surface area contributed by atoms with Gasteiger partial charge in [-0.05, 0) is 112 Å². The molecular weight excluding hydrogens is 562 g/mol. The second-order valence-corrected chi connectivity index (χ2v) is 17.7. The Labute approximate surface area is 276 Å². The molecule has 9 atom stereocenters. The molecule has 46 heavy (non-hydrogen) atoms. The van der Waals surface area contributed by atoms with E-state index in [-0.39, 0.29) is 22.8 Å². The number of aliphatic hydroxyl groups is 1. The van der Waals surface area contributed by atoms with Crippen molar-refractivity contribution in [2.24, 2.45) is 51.3 Å². The normalized spacial score (nSPS) is 38.9. The van der Waals surface area contributed by atoms with Crippen LogP contribution in [0.15, 0.2) is 76.9 Å². The van der Waals surface area contributed by atoms with Gasteiger partial charge in [0.1, 0.15) is 0 Å². The second-order valence-electron chi connectivity index (χ2n) is 17.7. The molecule has 0 amide bonds. The third-order valence-corrected chi connectivity index (χ3v) is 14.4. The fourth-order valence-electron chi connectivity index (χ4n) is 11.1.